The number of aliphatic hydroxyl groups excluding tert-OH is 1. The maximum absolute atomic E-state index is 12.8. The second kappa shape index (κ2) is 45.5. The fourth-order valence-corrected chi connectivity index (χ4v) is 7.34. The summed E-state index contributed by atoms with van der Waals surface area (Å²) in [6.45, 7) is 4.08. The molecule has 0 saturated carbocycles. The maximum Gasteiger partial charge on any atom is 0.472 e. The van der Waals surface area contributed by atoms with Gasteiger partial charge < -0.3 is 21.1 Å². The summed E-state index contributed by atoms with van der Waals surface area (Å²) >= 11 is 0. The number of hydrogen-bond donors (Lipinski definition) is 4. The summed E-state index contributed by atoms with van der Waals surface area (Å²) in [5, 5.41) is 13.7. The van der Waals surface area contributed by atoms with E-state index in [2.05, 4.69) is 79.9 Å². The summed E-state index contributed by atoms with van der Waals surface area (Å²) in [7, 11) is -4.36. The molecule has 342 valence electrons. The van der Waals surface area contributed by atoms with Crippen LogP contribution in [0.25, 0.3) is 0 Å². The minimum atomic E-state index is -4.36. The molecule has 0 spiro atoms. The quantitative estimate of drug-likeness (QED) is 0.0273. The van der Waals surface area contributed by atoms with Gasteiger partial charge in [-0.05, 0) is 83.5 Å². The highest BCUT2D eigenvalue weighted by atomic mass is 31.2. The zero-order chi connectivity index (χ0) is 43.2. The van der Waals surface area contributed by atoms with Crippen LogP contribution >= 0.6 is 7.82 Å². The smallest absolute Gasteiger partial charge is 0.387 e. The minimum Gasteiger partial charge on any atom is -0.387 e. The summed E-state index contributed by atoms with van der Waals surface area (Å²) in [5.41, 5.74) is 5.38. The summed E-state index contributed by atoms with van der Waals surface area (Å²) < 4.78 is 22.2. The third-order valence-electron chi connectivity index (χ3n) is 10.2. The van der Waals surface area contributed by atoms with Crippen LogP contribution in [0.3, 0.4) is 0 Å². The van der Waals surface area contributed by atoms with Crippen molar-refractivity contribution in [3.8, 4) is 0 Å². The van der Waals surface area contributed by atoms with E-state index in [0.717, 1.165) is 70.6 Å². The molecule has 0 aliphatic heterocycles. The molecule has 0 aliphatic carbocycles. The third kappa shape index (κ3) is 43.8. The fourth-order valence-electron chi connectivity index (χ4n) is 6.58. The Balaban J connectivity index is 4.23. The normalized spacial score (nSPS) is 14.6. The number of nitrogens with one attached hydrogen (secondary N) is 1. The van der Waals surface area contributed by atoms with Crippen LogP contribution in [0.4, 0.5) is 0 Å². The zero-order valence-electron chi connectivity index (χ0n) is 38.0. The van der Waals surface area contributed by atoms with Crippen LogP contribution < -0.4 is 11.1 Å². The largest absolute Gasteiger partial charge is 0.472 e. The summed E-state index contributed by atoms with van der Waals surface area (Å²) in [4.78, 5) is 22.8. The van der Waals surface area contributed by atoms with Crippen LogP contribution in [0.2, 0.25) is 0 Å². The average Bonchev–Trinajstić information content (AvgIpc) is 3.22. The van der Waals surface area contributed by atoms with Gasteiger partial charge >= 0.3 is 7.82 Å². The molecule has 0 fully saturated rings. The van der Waals surface area contributed by atoms with E-state index in [1.807, 2.05) is 6.08 Å². The Morgan fingerprint density at radius 2 is 0.949 bits per heavy atom. The Morgan fingerprint density at radius 3 is 1.42 bits per heavy atom. The molecule has 0 aromatic carbocycles. The second-order valence-corrected chi connectivity index (χ2v) is 17.4. The number of amides is 1. The first kappa shape index (κ1) is 56.9. The van der Waals surface area contributed by atoms with Crippen molar-refractivity contribution in [2.75, 3.05) is 19.8 Å². The second-order valence-electron chi connectivity index (χ2n) is 15.9. The van der Waals surface area contributed by atoms with Crippen LogP contribution in [-0.2, 0) is 18.4 Å². The van der Waals surface area contributed by atoms with Gasteiger partial charge in [0.15, 0.2) is 0 Å². The van der Waals surface area contributed by atoms with Gasteiger partial charge in [-0.15, -0.1) is 0 Å². The SMILES string of the molecule is CCCCCCC/C=C\C/C=C\C/C=C\CCCCCCCCCCC(=O)NC(COP(=O)(O)OCCN)C(O)/C=C/CC/C=C/CC/C=C/CCCCCCCCC. The Kier molecular flexibility index (Phi) is 43.9. The van der Waals surface area contributed by atoms with Crippen molar-refractivity contribution in [3.05, 3.63) is 72.9 Å². The number of allylic oxidation sites excluding steroid dienone is 11. The van der Waals surface area contributed by atoms with Gasteiger partial charge in [-0.2, -0.15) is 0 Å². The molecule has 1 amide bonds. The van der Waals surface area contributed by atoms with E-state index < -0.39 is 20.0 Å². The van der Waals surface area contributed by atoms with Crippen LogP contribution in [0, 0.1) is 0 Å². The van der Waals surface area contributed by atoms with Gasteiger partial charge in [-0.1, -0.05) is 189 Å². The van der Waals surface area contributed by atoms with Crippen LogP contribution in [0.5, 0.6) is 0 Å². The van der Waals surface area contributed by atoms with Gasteiger partial charge in [0, 0.05) is 13.0 Å². The molecule has 8 nitrogen and oxygen atoms in total. The van der Waals surface area contributed by atoms with Crippen molar-refractivity contribution in [3.63, 3.8) is 0 Å². The molecule has 0 heterocycles. The lowest BCUT2D eigenvalue weighted by molar-refractivity contribution is -0.123. The van der Waals surface area contributed by atoms with E-state index in [1.165, 1.54) is 116 Å². The van der Waals surface area contributed by atoms with E-state index in [9.17, 15) is 19.4 Å². The molecular formula is C50H91N2O6P. The standard InChI is InChI=1S/C50H91N2O6P/c1-3-5-7-9-11-13-15-17-19-21-22-23-24-25-26-28-30-32-34-36-38-40-42-44-50(54)52-48(47-58-59(55,56)57-46-45-51)49(53)43-41-39-37-35-33-31-29-27-20-18-16-14-12-10-8-6-4-2/h15,17,20-22,24-25,27,33,35,41,43,48-49,53H,3-14,16,18-19,23,26,28-32,34,36-40,42,44-47,51H2,1-2H3,(H,52,54)(H,55,56)/b17-15-,22-21-,25-24-,27-20+,35-33+,43-41+. The first-order chi connectivity index (χ1) is 28.9. The highest BCUT2D eigenvalue weighted by Crippen LogP contribution is 2.43. The van der Waals surface area contributed by atoms with Crippen molar-refractivity contribution in [1.29, 1.82) is 0 Å². The number of unbranched alkanes of at least 4 members (excludes halogenated alkanes) is 22. The molecule has 9 heteroatoms. The van der Waals surface area contributed by atoms with Crippen molar-refractivity contribution in [1.82, 2.24) is 5.32 Å². The van der Waals surface area contributed by atoms with Gasteiger partial charge in [0.25, 0.3) is 0 Å². The summed E-state index contributed by atoms with van der Waals surface area (Å²) in [6, 6.07) is -0.891. The first-order valence-corrected chi connectivity index (χ1v) is 25.6. The Morgan fingerprint density at radius 1 is 0.559 bits per heavy atom. The Labute approximate surface area is 363 Å². The van der Waals surface area contributed by atoms with Gasteiger partial charge in [-0.25, -0.2) is 4.57 Å². The predicted molar refractivity (Wildman–Crippen MR) is 253 cm³/mol. The lowest BCUT2D eigenvalue weighted by Crippen LogP contribution is -2.45. The molecular weight excluding hydrogens is 756 g/mol. The molecule has 0 aromatic rings. The molecule has 3 unspecified atom stereocenters. The van der Waals surface area contributed by atoms with Gasteiger partial charge in [0.2, 0.25) is 5.91 Å². The Bertz CT molecular complexity index is 1150. The van der Waals surface area contributed by atoms with E-state index in [4.69, 9.17) is 14.8 Å². The molecule has 0 aliphatic rings. The number of rotatable bonds is 44. The maximum atomic E-state index is 12.8. The van der Waals surface area contributed by atoms with Crippen LogP contribution in [0.1, 0.15) is 206 Å². The van der Waals surface area contributed by atoms with Gasteiger partial charge in [0.05, 0.1) is 25.4 Å². The molecule has 59 heavy (non-hydrogen) atoms. The molecule has 0 radical (unpaired) electrons. The van der Waals surface area contributed by atoms with E-state index >= 15 is 0 Å². The Hall–Kier alpha value is -2.06. The van der Waals surface area contributed by atoms with Crippen molar-refractivity contribution in [2.24, 2.45) is 5.73 Å². The molecule has 0 bridgehead atoms. The lowest BCUT2D eigenvalue weighted by atomic mass is 10.1. The predicted octanol–water partition coefficient (Wildman–Crippen LogP) is 14.0. The first-order valence-electron chi connectivity index (χ1n) is 24.1. The molecule has 0 rings (SSSR count). The van der Waals surface area contributed by atoms with Crippen molar-refractivity contribution < 1.29 is 28.4 Å². The summed E-state index contributed by atoms with van der Waals surface area (Å²) in [5.74, 6) is -0.218. The van der Waals surface area contributed by atoms with E-state index in [-0.39, 0.29) is 25.7 Å². The number of phosphoric acid groups is 1. The molecule has 3 atom stereocenters. The molecule has 0 aromatic heterocycles. The monoisotopic (exact) mass is 847 g/mol. The average molecular weight is 847 g/mol. The number of hydrogen-bond acceptors (Lipinski definition) is 6. The van der Waals surface area contributed by atoms with E-state index in [0.29, 0.717) is 6.42 Å². The number of carbonyl (C=O) groups is 1. The summed E-state index contributed by atoms with van der Waals surface area (Å²) in [6.07, 6.45) is 59.6. The number of phosphoric ester groups is 1. The van der Waals surface area contributed by atoms with Crippen molar-refractivity contribution >= 4 is 13.7 Å². The van der Waals surface area contributed by atoms with E-state index in [1.54, 1.807) is 6.08 Å². The van der Waals surface area contributed by atoms with Gasteiger partial charge in [-0.3, -0.25) is 13.8 Å². The van der Waals surface area contributed by atoms with Gasteiger partial charge in [0.1, 0.15) is 0 Å². The topological polar surface area (TPSA) is 131 Å². The molecule has 5 N–H and O–H groups in total. The van der Waals surface area contributed by atoms with Crippen LogP contribution in [-0.4, -0.2) is 47.8 Å². The third-order valence-corrected chi connectivity index (χ3v) is 11.2. The van der Waals surface area contributed by atoms with Crippen LogP contribution in [0.15, 0.2) is 72.9 Å². The zero-order valence-corrected chi connectivity index (χ0v) is 38.9. The number of aliphatic hydroxyl groups is 1. The fraction of sp³-hybridized carbons (Fsp3) is 0.740. The highest BCUT2D eigenvalue weighted by Gasteiger charge is 2.26. The lowest BCUT2D eigenvalue weighted by Gasteiger charge is -2.23. The molecule has 0 saturated heterocycles. The minimum absolute atomic E-state index is 0.0673. The highest BCUT2D eigenvalue weighted by molar-refractivity contribution is 7.47. The number of carbonyl (C=O) groups excluding carboxylic acids is 1. The van der Waals surface area contributed by atoms with Crippen molar-refractivity contribution in [2.45, 2.75) is 219 Å². The number of nitrogens with two attached hydrogens (primary N) is 1.